The van der Waals surface area contributed by atoms with Gasteiger partial charge in [0, 0.05) is 49.3 Å². The van der Waals surface area contributed by atoms with Crippen LogP contribution in [0, 0.1) is 13.8 Å². The molecule has 0 spiro atoms. The van der Waals surface area contributed by atoms with Crippen molar-refractivity contribution in [2.45, 2.75) is 45.1 Å². The summed E-state index contributed by atoms with van der Waals surface area (Å²) < 4.78 is 29.6. The summed E-state index contributed by atoms with van der Waals surface area (Å²) in [6.07, 6.45) is 0.650. The molecule has 0 bridgehead atoms. The van der Waals surface area contributed by atoms with Crippen molar-refractivity contribution in [3.8, 4) is 0 Å². The van der Waals surface area contributed by atoms with Crippen molar-refractivity contribution < 1.29 is 13.2 Å². The van der Waals surface area contributed by atoms with Crippen LogP contribution in [0.5, 0.6) is 0 Å². The van der Waals surface area contributed by atoms with Crippen LogP contribution in [0.2, 0.25) is 0 Å². The number of hydrogen-bond donors (Lipinski definition) is 0. The molecule has 2 aliphatic heterocycles. The number of sulfonamides is 1. The fourth-order valence-electron chi connectivity index (χ4n) is 4.72. The Labute approximate surface area is 193 Å². The van der Waals surface area contributed by atoms with Gasteiger partial charge < -0.3 is 9.80 Å². The molecule has 2 heterocycles. The molecule has 2 aromatic rings. The highest BCUT2D eigenvalue weighted by atomic mass is 79.9. The Kier molecular flexibility index (Phi) is 5.91. The molecule has 6 nitrogen and oxygen atoms in total. The standard InChI is InChI=1S/C23H28BrN3O3S/c1-15-5-6-16(2)21(11-15)25-7-9-26(10-8-25)31(29,30)22-14-20(24)13-19-12-17(3)27(18(4)28)23(19)22/h5-6,11,13-14,17H,7-10,12H2,1-4H3/t17-/m0/s1. The first-order valence-corrected chi connectivity index (χ1v) is 12.8. The summed E-state index contributed by atoms with van der Waals surface area (Å²) in [6.45, 7) is 9.68. The van der Waals surface area contributed by atoms with Gasteiger partial charge in [0.25, 0.3) is 0 Å². The van der Waals surface area contributed by atoms with E-state index < -0.39 is 10.0 Å². The molecule has 0 saturated carbocycles. The lowest BCUT2D eigenvalue weighted by Crippen LogP contribution is -2.49. The van der Waals surface area contributed by atoms with Gasteiger partial charge in [-0.3, -0.25) is 4.79 Å². The number of piperazine rings is 1. The van der Waals surface area contributed by atoms with E-state index in [-0.39, 0.29) is 16.8 Å². The van der Waals surface area contributed by atoms with Crippen LogP contribution in [-0.2, 0) is 21.2 Å². The fourth-order valence-corrected chi connectivity index (χ4v) is 7.05. The summed E-state index contributed by atoms with van der Waals surface area (Å²) >= 11 is 3.47. The Bertz CT molecular complexity index is 1140. The van der Waals surface area contributed by atoms with Crippen molar-refractivity contribution in [3.05, 3.63) is 51.5 Å². The monoisotopic (exact) mass is 505 g/mol. The quantitative estimate of drug-likeness (QED) is 0.634. The minimum absolute atomic E-state index is 0.0584. The molecule has 1 atom stereocenters. The van der Waals surface area contributed by atoms with Crippen molar-refractivity contribution in [1.82, 2.24) is 4.31 Å². The number of hydrogen-bond acceptors (Lipinski definition) is 4. The number of anilines is 2. The van der Waals surface area contributed by atoms with Crippen molar-refractivity contribution >= 4 is 43.2 Å². The lowest BCUT2D eigenvalue weighted by molar-refractivity contribution is -0.116. The maximum absolute atomic E-state index is 13.7. The Balaban J connectivity index is 1.64. The fraction of sp³-hybridized carbons (Fsp3) is 0.435. The van der Waals surface area contributed by atoms with E-state index in [1.165, 1.54) is 18.1 Å². The van der Waals surface area contributed by atoms with E-state index in [9.17, 15) is 13.2 Å². The molecular formula is C23H28BrN3O3S. The molecule has 2 aliphatic rings. The van der Waals surface area contributed by atoms with E-state index in [1.807, 2.05) is 13.0 Å². The van der Waals surface area contributed by atoms with Crippen molar-refractivity contribution in [2.24, 2.45) is 0 Å². The third kappa shape index (κ3) is 4.01. The van der Waals surface area contributed by atoms with Gasteiger partial charge in [-0.15, -0.1) is 0 Å². The molecule has 166 valence electrons. The number of benzene rings is 2. The lowest BCUT2D eigenvalue weighted by Gasteiger charge is -2.36. The zero-order chi connectivity index (χ0) is 22.5. The topological polar surface area (TPSA) is 60.9 Å². The largest absolute Gasteiger partial charge is 0.369 e. The van der Waals surface area contributed by atoms with E-state index in [0.29, 0.717) is 38.3 Å². The van der Waals surface area contributed by atoms with Crippen LogP contribution in [0.25, 0.3) is 0 Å². The van der Waals surface area contributed by atoms with E-state index >= 15 is 0 Å². The normalized spacial score (nSPS) is 19.6. The summed E-state index contributed by atoms with van der Waals surface area (Å²) in [6, 6.07) is 9.86. The minimum atomic E-state index is -3.74. The van der Waals surface area contributed by atoms with Crippen molar-refractivity contribution in [3.63, 3.8) is 0 Å². The second-order valence-corrected chi connectivity index (χ2v) is 11.4. The molecule has 4 rings (SSSR count). The minimum Gasteiger partial charge on any atom is -0.369 e. The van der Waals surface area contributed by atoms with Gasteiger partial charge in [-0.25, -0.2) is 8.42 Å². The van der Waals surface area contributed by atoms with Crippen molar-refractivity contribution in [2.75, 3.05) is 36.0 Å². The zero-order valence-electron chi connectivity index (χ0n) is 18.4. The van der Waals surface area contributed by atoms with Gasteiger partial charge in [-0.1, -0.05) is 28.1 Å². The summed E-state index contributed by atoms with van der Waals surface area (Å²) in [5.74, 6) is -0.134. The molecule has 0 N–H and O–H groups in total. The summed E-state index contributed by atoms with van der Waals surface area (Å²) in [5.41, 5.74) is 4.98. The molecule has 0 radical (unpaired) electrons. The second kappa shape index (κ2) is 8.22. The molecule has 1 saturated heterocycles. The smallest absolute Gasteiger partial charge is 0.245 e. The Hall–Kier alpha value is -1.90. The van der Waals surface area contributed by atoms with Crippen molar-refractivity contribution in [1.29, 1.82) is 0 Å². The van der Waals surface area contributed by atoms with Gasteiger partial charge in [0.05, 0.1) is 5.69 Å². The van der Waals surface area contributed by atoms with E-state index in [0.717, 1.165) is 15.7 Å². The molecular weight excluding hydrogens is 478 g/mol. The zero-order valence-corrected chi connectivity index (χ0v) is 20.8. The molecule has 1 amide bonds. The molecule has 31 heavy (non-hydrogen) atoms. The molecule has 2 aromatic carbocycles. The van der Waals surface area contributed by atoms with Crippen LogP contribution in [-0.4, -0.2) is 50.9 Å². The first kappa shape index (κ1) is 22.3. The molecule has 0 aromatic heterocycles. The van der Waals surface area contributed by atoms with Crippen LogP contribution < -0.4 is 9.80 Å². The number of carbonyl (C=O) groups is 1. The average Bonchev–Trinajstić information content (AvgIpc) is 3.04. The SMILES string of the molecule is CC(=O)N1c2c(cc(Br)cc2S(=O)(=O)N2CCN(c3cc(C)ccc3C)CC2)C[C@@H]1C. The Morgan fingerprint density at radius 1 is 1.06 bits per heavy atom. The predicted octanol–water partition coefficient (Wildman–Crippen LogP) is 3.87. The number of nitrogens with zero attached hydrogens (tertiary/aromatic N) is 3. The third-order valence-corrected chi connectivity index (χ3v) is 8.59. The lowest BCUT2D eigenvalue weighted by atomic mass is 10.1. The van der Waals surface area contributed by atoms with E-state index in [1.54, 1.807) is 15.3 Å². The van der Waals surface area contributed by atoms with Crippen LogP contribution in [0.15, 0.2) is 39.7 Å². The maximum Gasteiger partial charge on any atom is 0.245 e. The Morgan fingerprint density at radius 2 is 1.74 bits per heavy atom. The predicted molar refractivity (Wildman–Crippen MR) is 127 cm³/mol. The van der Waals surface area contributed by atoms with Crippen LogP contribution in [0.3, 0.4) is 0 Å². The van der Waals surface area contributed by atoms with Crippen LogP contribution in [0.1, 0.15) is 30.5 Å². The molecule has 1 fully saturated rings. The van der Waals surface area contributed by atoms with E-state index in [2.05, 4.69) is 52.9 Å². The van der Waals surface area contributed by atoms with Gasteiger partial charge >= 0.3 is 0 Å². The van der Waals surface area contributed by atoms with E-state index in [4.69, 9.17) is 0 Å². The maximum atomic E-state index is 13.7. The highest BCUT2D eigenvalue weighted by Gasteiger charge is 2.38. The van der Waals surface area contributed by atoms with Gasteiger partial charge in [0.1, 0.15) is 4.90 Å². The number of amides is 1. The van der Waals surface area contributed by atoms with Gasteiger partial charge in [0.15, 0.2) is 0 Å². The number of rotatable bonds is 3. The highest BCUT2D eigenvalue weighted by molar-refractivity contribution is 9.10. The number of halogens is 1. The van der Waals surface area contributed by atoms with Crippen LogP contribution >= 0.6 is 15.9 Å². The summed E-state index contributed by atoms with van der Waals surface area (Å²) in [7, 11) is -3.74. The molecule has 0 aliphatic carbocycles. The molecule has 0 unspecified atom stereocenters. The second-order valence-electron chi connectivity index (χ2n) is 8.53. The number of aryl methyl sites for hydroxylation is 2. The Morgan fingerprint density at radius 3 is 2.39 bits per heavy atom. The average molecular weight is 506 g/mol. The van der Waals surface area contributed by atoms with Gasteiger partial charge in [-0.05, 0) is 62.1 Å². The highest BCUT2D eigenvalue weighted by Crippen LogP contribution is 2.41. The van der Waals surface area contributed by atoms with Crippen LogP contribution in [0.4, 0.5) is 11.4 Å². The molecule has 8 heteroatoms. The number of carbonyl (C=O) groups excluding carboxylic acids is 1. The first-order chi connectivity index (χ1) is 14.6. The third-order valence-electron chi connectivity index (χ3n) is 6.22. The van der Waals surface area contributed by atoms with Gasteiger partial charge in [-0.2, -0.15) is 4.31 Å². The number of fused-ring (bicyclic) bond motifs is 1. The van der Waals surface area contributed by atoms with Gasteiger partial charge in [0.2, 0.25) is 15.9 Å². The first-order valence-electron chi connectivity index (χ1n) is 10.5. The summed E-state index contributed by atoms with van der Waals surface area (Å²) in [5, 5.41) is 0. The summed E-state index contributed by atoms with van der Waals surface area (Å²) in [4.78, 5) is 16.4.